The maximum absolute atomic E-state index is 13.9. The van der Waals surface area contributed by atoms with Crippen LogP contribution in [-0.2, 0) is 41.7 Å². The number of hydrogen-bond acceptors (Lipinski definition) is 7. The van der Waals surface area contributed by atoms with E-state index in [9.17, 15) is 32.3 Å². The summed E-state index contributed by atoms with van der Waals surface area (Å²) in [7, 11) is 0. The van der Waals surface area contributed by atoms with Gasteiger partial charge >= 0.3 is 24.0 Å². The molecule has 0 aliphatic carbocycles. The van der Waals surface area contributed by atoms with Crippen molar-refractivity contribution in [3.05, 3.63) is 71.8 Å². The highest BCUT2D eigenvalue weighted by Crippen LogP contribution is 2.22. The van der Waals surface area contributed by atoms with E-state index in [0.29, 0.717) is 32.2 Å². The number of amides is 2. The van der Waals surface area contributed by atoms with Gasteiger partial charge in [0, 0.05) is 13.1 Å². The van der Waals surface area contributed by atoms with Crippen LogP contribution in [0.2, 0.25) is 0 Å². The molecule has 1 aliphatic heterocycles. The Morgan fingerprint density at radius 2 is 1.57 bits per heavy atom. The number of benzene rings is 2. The second kappa shape index (κ2) is 17.4. The molecule has 12 heteroatoms. The number of rotatable bonds is 16. The predicted molar refractivity (Wildman–Crippen MR) is 156 cm³/mol. The Hall–Kier alpha value is -3.93. The quantitative estimate of drug-likeness (QED) is 0.215. The molecule has 0 aromatic heterocycles. The molecule has 0 bridgehead atoms. The molecule has 1 aliphatic rings. The highest BCUT2D eigenvalue weighted by molar-refractivity contribution is 5.89. The summed E-state index contributed by atoms with van der Waals surface area (Å²) >= 11 is 0. The van der Waals surface area contributed by atoms with E-state index in [1.807, 2.05) is 66.0 Å². The van der Waals surface area contributed by atoms with E-state index in [1.165, 1.54) is 4.90 Å². The van der Waals surface area contributed by atoms with Crippen LogP contribution in [0, 0.1) is 0 Å². The van der Waals surface area contributed by atoms with Gasteiger partial charge in [0.25, 0.3) is 0 Å². The van der Waals surface area contributed by atoms with Crippen molar-refractivity contribution >= 4 is 23.8 Å². The Morgan fingerprint density at radius 3 is 2.20 bits per heavy atom. The fraction of sp³-hybridized carbons (Fsp3) is 0.500. The summed E-state index contributed by atoms with van der Waals surface area (Å²) in [6.07, 6.45) is -2.52. The number of ether oxygens (including phenoxy) is 2. The lowest BCUT2D eigenvalue weighted by Crippen LogP contribution is -2.54. The molecular weight excluding hydrogens is 579 g/mol. The summed E-state index contributed by atoms with van der Waals surface area (Å²) < 4.78 is 48.4. The maximum Gasteiger partial charge on any atom is 0.471 e. The van der Waals surface area contributed by atoms with E-state index in [2.05, 4.69) is 5.32 Å². The molecule has 3 rings (SSSR count). The first-order valence-corrected chi connectivity index (χ1v) is 14.9. The van der Waals surface area contributed by atoms with Crippen LogP contribution in [0.3, 0.4) is 0 Å². The van der Waals surface area contributed by atoms with Crippen molar-refractivity contribution in [1.82, 2.24) is 15.5 Å². The molecule has 9 nitrogen and oxygen atoms in total. The van der Waals surface area contributed by atoms with Gasteiger partial charge in [-0.25, -0.2) is 4.79 Å². The first kappa shape index (κ1) is 34.6. The minimum Gasteiger partial charge on any atom is -0.465 e. The van der Waals surface area contributed by atoms with Crippen LogP contribution in [0.5, 0.6) is 0 Å². The molecule has 1 fully saturated rings. The zero-order valence-electron chi connectivity index (χ0n) is 24.8. The molecule has 1 saturated heterocycles. The van der Waals surface area contributed by atoms with Gasteiger partial charge in [-0.1, -0.05) is 60.7 Å². The van der Waals surface area contributed by atoms with Crippen LogP contribution in [0.1, 0.15) is 56.6 Å². The zero-order chi connectivity index (χ0) is 32.0. The number of nitrogens with zero attached hydrogens (tertiary/aromatic N) is 1. The van der Waals surface area contributed by atoms with Gasteiger partial charge in [-0.2, -0.15) is 13.2 Å². The lowest BCUT2D eigenvalue weighted by Gasteiger charge is -2.30. The summed E-state index contributed by atoms with van der Waals surface area (Å²) in [5.41, 5.74) is 1.80. The number of carbonyl (C=O) groups excluding carboxylic acids is 4. The normalized spacial score (nSPS) is 16.2. The van der Waals surface area contributed by atoms with E-state index in [-0.39, 0.29) is 39.0 Å². The summed E-state index contributed by atoms with van der Waals surface area (Å²) in [4.78, 5) is 52.5. The number of unbranched alkanes of at least 4 members (excludes halogenated alkanes) is 1. The van der Waals surface area contributed by atoms with E-state index in [1.54, 1.807) is 6.92 Å². The highest BCUT2D eigenvalue weighted by Gasteiger charge is 2.40. The average Bonchev–Trinajstić information content (AvgIpc) is 3.51. The lowest BCUT2D eigenvalue weighted by atomic mass is 10.0. The molecule has 44 heavy (non-hydrogen) atoms. The molecule has 2 aromatic rings. The van der Waals surface area contributed by atoms with E-state index < -0.39 is 48.1 Å². The lowest BCUT2D eigenvalue weighted by molar-refractivity contribution is -0.173. The topological polar surface area (TPSA) is 114 Å². The third kappa shape index (κ3) is 11.0. The number of alkyl halides is 3. The molecular formula is C32H40F3N3O6. The molecule has 0 saturated carbocycles. The van der Waals surface area contributed by atoms with Gasteiger partial charge in [0.15, 0.2) is 0 Å². The fourth-order valence-electron chi connectivity index (χ4n) is 5.06. The molecule has 240 valence electrons. The van der Waals surface area contributed by atoms with E-state index in [0.717, 1.165) is 11.1 Å². The summed E-state index contributed by atoms with van der Waals surface area (Å²) in [6.45, 7) is 1.97. The van der Waals surface area contributed by atoms with Crippen molar-refractivity contribution < 1.29 is 41.8 Å². The molecule has 0 spiro atoms. The molecule has 3 atom stereocenters. The van der Waals surface area contributed by atoms with E-state index in [4.69, 9.17) is 9.47 Å². The third-order valence-electron chi connectivity index (χ3n) is 7.33. The molecule has 0 radical (unpaired) electrons. The fourth-order valence-corrected chi connectivity index (χ4v) is 5.06. The minimum absolute atomic E-state index is 0.0634. The van der Waals surface area contributed by atoms with Gasteiger partial charge in [-0.05, 0) is 63.0 Å². The van der Waals surface area contributed by atoms with Gasteiger partial charge in [0.05, 0.1) is 12.6 Å². The average molecular weight is 620 g/mol. The van der Waals surface area contributed by atoms with Crippen molar-refractivity contribution in [2.75, 3.05) is 19.7 Å². The van der Waals surface area contributed by atoms with E-state index >= 15 is 0 Å². The zero-order valence-corrected chi connectivity index (χ0v) is 24.8. The van der Waals surface area contributed by atoms with Crippen molar-refractivity contribution in [3.8, 4) is 0 Å². The van der Waals surface area contributed by atoms with Crippen LogP contribution in [0.4, 0.5) is 13.2 Å². The predicted octanol–water partition coefficient (Wildman–Crippen LogP) is 4.09. The molecule has 2 amide bonds. The van der Waals surface area contributed by atoms with Crippen molar-refractivity contribution in [3.63, 3.8) is 0 Å². The second-order valence-electron chi connectivity index (χ2n) is 10.6. The first-order chi connectivity index (χ1) is 21.1. The van der Waals surface area contributed by atoms with Crippen LogP contribution in [0.25, 0.3) is 0 Å². The maximum atomic E-state index is 13.9. The molecule has 0 unspecified atom stereocenters. The van der Waals surface area contributed by atoms with Crippen molar-refractivity contribution in [1.29, 1.82) is 0 Å². The van der Waals surface area contributed by atoms with Crippen molar-refractivity contribution in [2.24, 2.45) is 0 Å². The summed E-state index contributed by atoms with van der Waals surface area (Å²) in [5.74, 6) is -3.49. The van der Waals surface area contributed by atoms with Crippen LogP contribution < -0.4 is 10.6 Å². The highest BCUT2D eigenvalue weighted by atomic mass is 19.4. The number of likely N-dealkylation sites (tertiary alicyclic amines) is 1. The van der Waals surface area contributed by atoms with Gasteiger partial charge in [0.1, 0.15) is 18.7 Å². The standard InChI is InChI=1S/C32H40F3N3O6/c1-2-43-29(40)26(19-18-23-12-5-3-6-13-23)37-25(16-9-10-20-36-31(42)32(33,34)35)28(39)38-21-11-17-27(38)30(41)44-22-24-14-7-4-8-15-24/h3-8,12-15,25-27,37H,2,9-11,16-22H2,1H3,(H,36,42)/t25-,26-,27-/m0/s1. The van der Waals surface area contributed by atoms with Crippen LogP contribution >= 0.6 is 0 Å². The van der Waals surface area contributed by atoms with Gasteiger partial charge in [0.2, 0.25) is 5.91 Å². The SMILES string of the molecule is CCOC(=O)[C@H](CCc1ccccc1)N[C@@H](CCCCNC(=O)C(F)(F)F)C(=O)N1CCC[C@H]1C(=O)OCc1ccccc1. The van der Waals surface area contributed by atoms with Gasteiger partial charge < -0.3 is 19.7 Å². The van der Waals surface area contributed by atoms with Gasteiger partial charge in [-0.3, -0.25) is 19.7 Å². The van der Waals surface area contributed by atoms with Gasteiger partial charge in [-0.15, -0.1) is 0 Å². The van der Waals surface area contributed by atoms with Crippen LogP contribution in [0.15, 0.2) is 60.7 Å². The molecule has 1 heterocycles. The first-order valence-electron chi connectivity index (χ1n) is 14.9. The molecule has 2 aromatic carbocycles. The Kier molecular flexibility index (Phi) is 13.7. The summed E-state index contributed by atoms with van der Waals surface area (Å²) in [5, 5.41) is 4.97. The Labute approximate surface area is 255 Å². The summed E-state index contributed by atoms with van der Waals surface area (Å²) in [6, 6.07) is 16.1. The Balaban J connectivity index is 1.71. The number of carbonyl (C=O) groups is 4. The van der Waals surface area contributed by atoms with Crippen molar-refractivity contribution in [2.45, 2.75) is 82.8 Å². The number of nitrogens with one attached hydrogen (secondary N) is 2. The largest absolute Gasteiger partial charge is 0.471 e. The third-order valence-corrected chi connectivity index (χ3v) is 7.33. The number of halogens is 3. The monoisotopic (exact) mass is 619 g/mol. The Morgan fingerprint density at radius 1 is 0.909 bits per heavy atom. The number of esters is 2. The smallest absolute Gasteiger partial charge is 0.465 e. The second-order valence-corrected chi connectivity index (χ2v) is 10.6. The number of aryl methyl sites for hydroxylation is 1. The Bertz CT molecular complexity index is 1210. The van der Waals surface area contributed by atoms with Crippen LogP contribution in [-0.4, -0.2) is 72.7 Å². The molecule has 2 N–H and O–H groups in total. The number of hydrogen-bond donors (Lipinski definition) is 2. The minimum atomic E-state index is -4.98.